The number of aromatic nitrogens is 4. The van der Waals surface area contributed by atoms with Crippen LogP contribution in [0.4, 0.5) is 5.95 Å². The number of para-hydroxylation sites is 1. The Bertz CT molecular complexity index is 1100. The molecule has 0 amide bonds. The smallest absolute Gasteiger partial charge is 0.252 e. The van der Waals surface area contributed by atoms with E-state index in [0.717, 1.165) is 55.4 Å². The fourth-order valence-electron chi connectivity index (χ4n) is 3.76. The molecule has 0 atom stereocenters. The Labute approximate surface area is 180 Å². The van der Waals surface area contributed by atoms with E-state index in [1.807, 2.05) is 32.2 Å². The number of nitrogen functional groups attached to an aromatic ring is 1. The van der Waals surface area contributed by atoms with Crippen molar-refractivity contribution in [2.45, 2.75) is 13.3 Å². The number of hydrogen-bond donors (Lipinski definition) is 2. The third-order valence-corrected chi connectivity index (χ3v) is 5.57. The molecule has 9 heteroatoms. The lowest BCUT2D eigenvalue weighted by atomic mass is 10.0. The molecule has 0 saturated carbocycles. The first-order valence-corrected chi connectivity index (χ1v) is 10.4. The molecule has 4 rings (SSSR count). The Balaban J connectivity index is 1.56. The van der Waals surface area contributed by atoms with Crippen molar-refractivity contribution in [3.05, 3.63) is 57.5 Å². The van der Waals surface area contributed by atoms with Gasteiger partial charge in [-0.25, -0.2) is 4.98 Å². The van der Waals surface area contributed by atoms with E-state index in [-0.39, 0.29) is 11.5 Å². The summed E-state index contributed by atoms with van der Waals surface area (Å²) in [6.07, 6.45) is 0.608. The zero-order valence-corrected chi connectivity index (χ0v) is 17.9. The SMILES string of the molecule is Cc1c(Cc2ccccc2OCCN2CCOCC2)c(-c2cc(=O)[nH]c(N)n2)nn1C. The highest BCUT2D eigenvalue weighted by Crippen LogP contribution is 2.29. The maximum absolute atomic E-state index is 11.9. The second-order valence-electron chi connectivity index (χ2n) is 7.64. The van der Waals surface area contributed by atoms with Gasteiger partial charge in [0.1, 0.15) is 23.7 Å². The zero-order chi connectivity index (χ0) is 21.8. The molecule has 3 heterocycles. The number of benzene rings is 1. The summed E-state index contributed by atoms with van der Waals surface area (Å²) in [5.41, 5.74) is 9.61. The van der Waals surface area contributed by atoms with E-state index in [0.29, 0.717) is 24.4 Å². The van der Waals surface area contributed by atoms with E-state index in [1.54, 1.807) is 4.68 Å². The topological polar surface area (TPSA) is 111 Å². The second kappa shape index (κ2) is 9.32. The van der Waals surface area contributed by atoms with Crippen LogP contribution in [0, 0.1) is 6.92 Å². The molecule has 1 aromatic carbocycles. The molecule has 1 aliphatic heterocycles. The Morgan fingerprint density at radius 2 is 2.03 bits per heavy atom. The lowest BCUT2D eigenvalue weighted by Crippen LogP contribution is -2.38. The number of anilines is 1. The van der Waals surface area contributed by atoms with Crippen LogP contribution in [0.3, 0.4) is 0 Å². The number of aryl methyl sites for hydroxylation is 1. The van der Waals surface area contributed by atoms with Gasteiger partial charge >= 0.3 is 0 Å². The molecule has 9 nitrogen and oxygen atoms in total. The minimum atomic E-state index is -0.302. The molecule has 164 valence electrons. The molecule has 0 unspecified atom stereocenters. The summed E-state index contributed by atoms with van der Waals surface area (Å²) in [5.74, 6) is 0.923. The summed E-state index contributed by atoms with van der Waals surface area (Å²) in [4.78, 5) is 21.0. The lowest BCUT2D eigenvalue weighted by molar-refractivity contribution is 0.0322. The molecule has 1 aliphatic rings. The average Bonchev–Trinajstić information content (AvgIpc) is 3.03. The predicted octanol–water partition coefficient (Wildman–Crippen LogP) is 1.36. The summed E-state index contributed by atoms with van der Waals surface area (Å²) < 4.78 is 13.3. The van der Waals surface area contributed by atoms with Crippen LogP contribution in [0.2, 0.25) is 0 Å². The van der Waals surface area contributed by atoms with Crippen LogP contribution < -0.4 is 16.0 Å². The first-order chi connectivity index (χ1) is 15.0. The number of nitrogens with one attached hydrogen (secondary N) is 1. The van der Waals surface area contributed by atoms with Crippen molar-refractivity contribution in [3.63, 3.8) is 0 Å². The number of hydrogen-bond acceptors (Lipinski definition) is 7. The van der Waals surface area contributed by atoms with Gasteiger partial charge in [0.05, 0.1) is 13.2 Å². The van der Waals surface area contributed by atoms with Crippen molar-refractivity contribution in [3.8, 4) is 17.1 Å². The summed E-state index contributed by atoms with van der Waals surface area (Å²) >= 11 is 0. The van der Waals surface area contributed by atoms with Crippen molar-refractivity contribution in [2.75, 3.05) is 45.2 Å². The minimum Gasteiger partial charge on any atom is -0.492 e. The number of ether oxygens (including phenoxy) is 2. The van der Waals surface area contributed by atoms with E-state index < -0.39 is 0 Å². The molecular weight excluding hydrogens is 396 g/mol. The van der Waals surface area contributed by atoms with Gasteiger partial charge in [-0.05, 0) is 18.6 Å². The largest absolute Gasteiger partial charge is 0.492 e. The van der Waals surface area contributed by atoms with Crippen LogP contribution in [0.25, 0.3) is 11.4 Å². The first-order valence-electron chi connectivity index (χ1n) is 10.4. The molecule has 2 aromatic heterocycles. The highest BCUT2D eigenvalue weighted by Gasteiger charge is 2.19. The van der Waals surface area contributed by atoms with Gasteiger partial charge in [-0.2, -0.15) is 5.10 Å². The standard InChI is InChI=1S/C22H28N6O3/c1-15-17(21(26-27(15)2)18-14-20(29)25-22(23)24-18)13-16-5-3-4-6-19(16)31-12-9-28-7-10-30-11-8-28/h3-6,14H,7-13H2,1-2H3,(H3,23,24,25,29). The fourth-order valence-corrected chi connectivity index (χ4v) is 3.76. The van der Waals surface area contributed by atoms with Crippen LogP contribution in [0.15, 0.2) is 35.1 Å². The molecule has 0 radical (unpaired) electrons. The van der Waals surface area contributed by atoms with Gasteiger partial charge in [-0.15, -0.1) is 0 Å². The van der Waals surface area contributed by atoms with Crippen molar-refractivity contribution < 1.29 is 9.47 Å². The van der Waals surface area contributed by atoms with Crippen LogP contribution >= 0.6 is 0 Å². The Morgan fingerprint density at radius 3 is 2.81 bits per heavy atom. The lowest BCUT2D eigenvalue weighted by Gasteiger charge is -2.26. The maximum Gasteiger partial charge on any atom is 0.252 e. The third-order valence-electron chi connectivity index (χ3n) is 5.57. The van der Waals surface area contributed by atoms with Crippen molar-refractivity contribution >= 4 is 5.95 Å². The molecule has 3 N–H and O–H groups in total. The molecular formula is C22H28N6O3. The monoisotopic (exact) mass is 424 g/mol. The number of aromatic amines is 1. The quantitative estimate of drug-likeness (QED) is 0.589. The van der Waals surface area contributed by atoms with Crippen LogP contribution in [-0.4, -0.2) is 64.1 Å². The second-order valence-corrected chi connectivity index (χ2v) is 7.64. The Morgan fingerprint density at radius 1 is 1.26 bits per heavy atom. The highest BCUT2D eigenvalue weighted by molar-refractivity contribution is 5.62. The van der Waals surface area contributed by atoms with Crippen molar-refractivity contribution in [1.82, 2.24) is 24.6 Å². The van der Waals surface area contributed by atoms with Gasteiger partial charge in [0, 0.05) is 50.4 Å². The van der Waals surface area contributed by atoms with Gasteiger partial charge in [-0.3, -0.25) is 19.4 Å². The molecule has 1 fully saturated rings. The fraction of sp³-hybridized carbons (Fsp3) is 0.409. The highest BCUT2D eigenvalue weighted by atomic mass is 16.5. The van der Waals surface area contributed by atoms with E-state index in [1.165, 1.54) is 6.07 Å². The molecule has 31 heavy (non-hydrogen) atoms. The van der Waals surface area contributed by atoms with Gasteiger partial charge in [0.25, 0.3) is 5.56 Å². The maximum atomic E-state index is 11.9. The summed E-state index contributed by atoms with van der Waals surface area (Å²) in [7, 11) is 1.88. The zero-order valence-electron chi connectivity index (χ0n) is 17.9. The summed E-state index contributed by atoms with van der Waals surface area (Å²) in [6.45, 7) is 6.92. The predicted molar refractivity (Wildman–Crippen MR) is 118 cm³/mol. The molecule has 0 bridgehead atoms. The Hall–Kier alpha value is -3.17. The normalized spacial score (nSPS) is 14.6. The summed E-state index contributed by atoms with van der Waals surface area (Å²) in [6, 6.07) is 9.44. The number of H-pyrrole nitrogens is 1. The van der Waals surface area contributed by atoms with Crippen LogP contribution in [-0.2, 0) is 18.2 Å². The number of rotatable bonds is 7. The van der Waals surface area contributed by atoms with Crippen molar-refractivity contribution in [2.24, 2.45) is 7.05 Å². The van der Waals surface area contributed by atoms with Gasteiger partial charge in [0.15, 0.2) is 0 Å². The van der Waals surface area contributed by atoms with E-state index in [4.69, 9.17) is 15.2 Å². The molecule has 0 aliphatic carbocycles. The van der Waals surface area contributed by atoms with E-state index in [2.05, 4.69) is 26.0 Å². The van der Waals surface area contributed by atoms with Gasteiger partial charge < -0.3 is 15.2 Å². The van der Waals surface area contributed by atoms with Crippen LogP contribution in [0.5, 0.6) is 5.75 Å². The van der Waals surface area contributed by atoms with E-state index in [9.17, 15) is 4.79 Å². The number of nitrogens with zero attached hydrogens (tertiary/aromatic N) is 4. The number of nitrogens with two attached hydrogens (primary N) is 1. The average molecular weight is 425 g/mol. The Kier molecular flexibility index (Phi) is 6.34. The summed E-state index contributed by atoms with van der Waals surface area (Å²) in [5, 5.41) is 4.60. The molecule has 3 aromatic rings. The van der Waals surface area contributed by atoms with Crippen LogP contribution in [0.1, 0.15) is 16.8 Å². The third kappa shape index (κ3) is 4.95. The minimum absolute atomic E-state index is 0.0728. The van der Waals surface area contributed by atoms with Gasteiger partial charge in [0.2, 0.25) is 5.95 Å². The number of morpholine rings is 1. The first kappa shape index (κ1) is 21.1. The molecule has 1 saturated heterocycles. The van der Waals surface area contributed by atoms with Gasteiger partial charge in [-0.1, -0.05) is 18.2 Å². The molecule has 0 spiro atoms. The van der Waals surface area contributed by atoms with Crippen molar-refractivity contribution in [1.29, 1.82) is 0 Å². The van der Waals surface area contributed by atoms with E-state index >= 15 is 0 Å².